The SMILES string of the molecule is Cc1nscc1C(=O)Nc1cccc(C(=O)N2CCCC(O)C2)c1. The molecule has 6 nitrogen and oxygen atoms in total. The summed E-state index contributed by atoms with van der Waals surface area (Å²) in [6, 6.07) is 6.86. The van der Waals surface area contributed by atoms with Gasteiger partial charge < -0.3 is 15.3 Å². The number of carbonyl (C=O) groups excluding carboxylic acids is 2. The molecule has 1 atom stereocenters. The van der Waals surface area contributed by atoms with Crippen molar-refractivity contribution >= 4 is 29.0 Å². The minimum absolute atomic E-state index is 0.127. The third-order valence-corrected chi connectivity index (χ3v) is 4.77. The maximum absolute atomic E-state index is 12.6. The number of rotatable bonds is 3. The van der Waals surface area contributed by atoms with E-state index in [-0.39, 0.29) is 11.8 Å². The van der Waals surface area contributed by atoms with Crippen LogP contribution in [0.25, 0.3) is 0 Å². The summed E-state index contributed by atoms with van der Waals surface area (Å²) in [5.41, 5.74) is 2.29. The predicted molar refractivity (Wildman–Crippen MR) is 92.4 cm³/mol. The van der Waals surface area contributed by atoms with Crippen LogP contribution in [0.2, 0.25) is 0 Å². The van der Waals surface area contributed by atoms with Crippen LogP contribution in [0, 0.1) is 6.92 Å². The number of aliphatic hydroxyl groups is 1. The van der Waals surface area contributed by atoms with Crippen molar-refractivity contribution in [3.63, 3.8) is 0 Å². The molecule has 0 saturated carbocycles. The highest BCUT2D eigenvalue weighted by Gasteiger charge is 2.23. The molecule has 3 rings (SSSR count). The van der Waals surface area contributed by atoms with Crippen LogP contribution in [0.3, 0.4) is 0 Å². The first-order chi connectivity index (χ1) is 11.5. The van der Waals surface area contributed by atoms with Gasteiger partial charge in [-0.1, -0.05) is 6.07 Å². The summed E-state index contributed by atoms with van der Waals surface area (Å²) < 4.78 is 4.09. The number of carbonyl (C=O) groups is 2. The molecular weight excluding hydrogens is 326 g/mol. The number of nitrogens with zero attached hydrogens (tertiary/aromatic N) is 2. The average molecular weight is 345 g/mol. The second kappa shape index (κ2) is 7.11. The Balaban J connectivity index is 1.73. The molecule has 1 fully saturated rings. The first kappa shape index (κ1) is 16.6. The minimum atomic E-state index is -0.459. The molecule has 0 spiro atoms. The smallest absolute Gasteiger partial charge is 0.258 e. The van der Waals surface area contributed by atoms with Gasteiger partial charge in [0.05, 0.1) is 17.4 Å². The number of β-amino-alcohol motifs (C(OH)–C–C–N with tert-alkyl or cyclic N) is 1. The molecule has 2 aromatic rings. The molecule has 24 heavy (non-hydrogen) atoms. The first-order valence-corrected chi connectivity index (χ1v) is 8.68. The molecule has 0 bridgehead atoms. The number of hydrogen-bond donors (Lipinski definition) is 2. The quantitative estimate of drug-likeness (QED) is 0.894. The number of aromatic nitrogens is 1. The zero-order valence-electron chi connectivity index (χ0n) is 13.4. The number of amides is 2. The molecule has 1 aromatic carbocycles. The first-order valence-electron chi connectivity index (χ1n) is 7.84. The van der Waals surface area contributed by atoms with Crippen LogP contribution in [0.4, 0.5) is 5.69 Å². The molecule has 1 aliphatic heterocycles. The fraction of sp³-hybridized carbons (Fsp3) is 0.353. The van der Waals surface area contributed by atoms with Crippen LogP contribution in [-0.4, -0.2) is 45.4 Å². The van der Waals surface area contributed by atoms with Gasteiger partial charge in [0.1, 0.15) is 0 Å². The number of benzene rings is 1. The zero-order chi connectivity index (χ0) is 17.1. The Hall–Kier alpha value is -2.25. The summed E-state index contributed by atoms with van der Waals surface area (Å²) in [7, 11) is 0. The van der Waals surface area contributed by atoms with Crippen LogP contribution in [0.15, 0.2) is 29.6 Å². The van der Waals surface area contributed by atoms with Crippen LogP contribution in [0.5, 0.6) is 0 Å². The maximum Gasteiger partial charge on any atom is 0.258 e. The lowest BCUT2D eigenvalue weighted by atomic mass is 10.1. The summed E-state index contributed by atoms with van der Waals surface area (Å²) in [6.45, 7) is 2.79. The average Bonchev–Trinajstić information content (AvgIpc) is 3.00. The molecule has 1 aromatic heterocycles. The Labute approximate surface area is 144 Å². The molecule has 2 N–H and O–H groups in total. The van der Waals surface area contributed by atoms with Crippen LogP contribution >= 0.6 is 11.5 Å². The van der Waals surface area contributed by atoms with Crippen LogP contribution in [0.1, 0.15) is 39.3 Å². The van der Waals surface area contributed by atoms with E-state index in [4.69, 9.17) is 0 Å². The van der Waals surface area contributed by atoms with Crippen molar-refractivity contribution in [3.8, 4) is 0 Å². The van der Waals surface area contributed by atoms with E-state index in [0.29, 0.717) is 35.6 Å². The normalized spacial score (nSPS) is 17.6. The number of anilines is 1. The van der Waals surface area contributed by atoms with Crippen molar-refractivity contribution in [2.45, 2.75) is 25.9 Å². The van der Waals surface area contributed by atoms with Gasteiger partial charge in [-0.3, -0.25) is 9.59 Å². The Morgan fingerprint density at radius 1 is 1.42 bits per heavy atom. The van der Waals surface area contributed by atoms with Gasteiger partial charge in [0.25, 0.3) is 11.8 Å². The second-order valence-electron chi connectivity index (χ2n) is 5.90. The second-order valence-corrected chi connectivity index (χ2v) is 6.52. The summed E-state index contributed by atoms with van der Waals surface area (Å²) in [4.78, 5) is 26.5. The van der Waals surface area contributed by atoms with Gasteiger partial charge in [-0.2, -0.15) is 4.37 Å². The number of nitrogens with one attached hydrogen (secondary N) is 1. The highest BCUT2D eigenvalue weighted by atomic mass is 32.1. The van der Waals surface area contributed by atoms with Gasteiger partial charge in [0, 0.05) is 29.7 Å². The molecule has 0 radical (unpaired) electrons. The predicted octanol–water partition coefficient (Wildman–Crippen LogP) is 2.30. The molecule has 2 heterocycles. The monoisotopic (exact) mass is 345 g/mol. The molecule has 1 saturated heterocycles. The van der Waals surface area contributed by atoms with Crippen LogP contribution in [-0.2, 0) is 0 Å². The van der Waals surface area contributed by atoms with Gasteiger partial charge in [-0.25, -0.2) is 0 Å². The molecule has 0 aliphatic carbocycles. The summed E-state index contributed by atoms with van der Waals surface area (Å²) in [5.74, 6) is -0.363. The largest absolute Gasteiger partial charge is 0.391 e. The van der Waals surface area contributed by atoms with Crippen molar-refractivity contribution in [2.24, 2.45) is 0 Å². The lowest BCUT2D eigenvalue weighted by molar-refractivity contribution is 0.0474. The topological polar surface area (TPSA) is 82.5 Å². The third kappa shape index (κ3) is 3.63. The third-order valence-electron chi connectivity index (χ3n) is 4.05. The summed E-state index contributed by atoms with van der Waals surface area (Å²) in [6.07, 6.45) is 1.07. The standard InChI is InChI=1S/C17H19N3O3S/c1-11-15(10-24-19-11)16(22)18-13-5-2-4-12(8-13)17(23)20-7-3-6-14(21)9-20/h2,4-5,8,10,14,21H,3,6-7,9H2,1H3,(H,18,22). The van der Waals surface area contributed by atoms with E-state index in [1.165, 1.54) is 11.5 Å². The Morgan fingerprint density at radius 2 is 2.25 bits per heavy atom. The maximum atomic E-state index is 12.6. The Morgan fingerprint density at radius 3 is 2.96 bits per heavy atom. The van der Waals surface area contributed by atoms with Crippen LogP contribution < -0.4 is 5.32 Å². The fourth-order valence-corrected chi connectivity index (χ4v) is 3.45. The molecule has 126 valence electrons. The molecular formula is C17H19N3O3S. The Bertz CT molecular complexity index is 759. The van der Waals surface area contributed by atoms with Gasteiger partial charge in [0.15, 0.2) is 0 Å². The van der Waals surface area contributed by atoms with E-state index < -0.39 is 6.10 Å². The van der Waals surface area contributed by atoms with E-state index >= 15 is 0 Å². The van der Waals surface area contributed by atoms with Crippen molar-refractivity contribution in [3.05, 3.63) is 46.5 Å². The number of hydrogen-bond acceptors (Lipinski definition) is 5. The fourth-order valence-electron chi connectivity index (χ4n) is 2.76. The van der Waals surface area contributed by atoms with Crippen molar-refractivity contribution < 1.29 is 14.7 Å². The lowest BCUT2D eigenvalue weighted by Gasteiger charge is -2.30. The summed E-state index contributed by atoms with van der Waals surface area (Å²) >= 11 is 1.24. The van der Waals surface area contributed by atoms with E-state index in [1.807, 2.05) is 0 Å². The van der Waals surface area contributed by atoms with Gasteiger partial charge >= 0.3 is 0 Å². The Kier molecular flexibility index (Phi) is 4.92. The minimum Gasteiger partial charge on any atom is -0.391 e. The van der Waals surface area contributed by atoms with E-state index in [0.717, 1.165) is 12.8 Å². The zero-order valence-corrected chi connectivity index (χ0v) is 14.2. The van der Waals surface area contributed by atoms with Gasteiger partial charge in [-0.05, 0) is 49.5 Å². The molecule has 1 unspecified atom stereocenters. The van der Waals surface area contributed by atoms with Crippen molar-refractivity contribution in [1.82, 2.24) is 9.27 Å². The lowest BCUT2D eigenvalue weighted by Crippen LogP contribution is -2.42. The van der Waals surface area contributed by atoms with E-state index in [2.05, 4.69) is 9.69 Å². The highest BCUT2D eigenvalue weighted by molar-refractivity contribution is 7.04. The number of likely N-dealkylation sites (tertiary alicyclic amines) is 1. The summed E-state index contributed by atoms with van der Waals surface area (Å²) in [5, 5.41) is 14.2. The molecule has 1 aliphatic rings. The number of aliphatic hydroxyl groups excluding tert-OH is 1. The van der Waals surface area contributed by atoms with Crippen molar-refractivity contribution in [1.29, 1.82) is 0 Å². The van der Waals surface area contributed by atoms with Gasteiger partial charge in [-0.15, -0.1) is 0 Å². The van der Waals surface area contributed by atoms with E-state index in [9.17, 15) is 14.7 Å². The van der Waals surface area contributed by atoms with Gasteiger partial charge in [0.2, 0.25) is 0 Å². The highest BCUT2D eigenvalue weighted by Crippen LogP contribution is 2.18. The van der Waals surface area contributed by atoms with Crippen molar-refractivity contribution in [2.75, 3.05) is 18.4 Å². The van der Waals surface area contributed by atoms with E-state index in [1.54, 1.807) is 41.5 Å². The molecule has 2 amide bonds. The number of piperidine rings is 1. The molecule has 7 heteroatoms. The number of aryl methyl sites for hydroxylation is 1.